The number of carbonyl (C=O) groups is 1. The lowest BCUT2D eigenvalue weighted by molar-refractivity contribution is -0.115. The number of ether oxygens (including phenoxy) is 1. The molecule has 1 amide bonds. The van der Waals surface area contributed by atoms with Crippen molar-refractivity contribution in [2.45, 2.75) is 39.3 Å². The first-order valence-corrected chi connectivity index (χ1v) is 13.5. The predicted octanol–water partition coefficient (Wildman–Crippen LogP) is 6.68. The Morgan fingerprint density at radius 1 is 1.13 bits per heavy atom. The average Bonchev–Trinajstić information content (AvgIpc) is 3.44. The van der Waals surface area contributed by atoms with E-state index < -0.39 is 0 Å². The molecule has 7 nitrogen and oxygen atoms in total. The first-order valence-electron chi connectivity index (χ1n) is 12.8. The molecule has 9 heteroatoms. The van der Waals surface area contributed by atoms with Crippen molar-refractivity contribution in [3.05, 3.63) is 101 Å². The third-order valence-electron chi connectivity index (χ3n) is 7.04. The molecule has 2 N–H and O–H groups in total. The summed E-state index contributed by atoms with van der Waals surface area (Å²) in [5.41, 5.74) is 6.47. The number of anilines is 2. The van der Waals surface area contributed by atoms with E-state index in [9.17, 15) is 4.79 Å². The van der Waals surface area contributed by atoms with Gasteiger partial charge in [-0.15, -0.1) is 0 Å². The number of rotatable bonds is 7. The van der Waals surface area contributed by atoms with Gasteiger partial charge in [-0.3, -0.25) is 9.78 Å². The number of aryl methyl sites for hydroxylation is 1. The molecular weight excluding hydrogens is 530 g/mol. The molecule has 2 atom stereocenters. The van der Waals surface area contributed by atoms with Crippen LogP contribution in [0.4, 0.5) is 11.4 Å². The van der Waals surface area contributed by atoms with Crippen LogP contribution >= 0.6 is 23.8 Å². The quantitative estimate of drug-likeness (QED) is 0.246. The molecular formula is C30H30ClN5O2S. The van der Waals surface area contributed by atoms with E-state index in [0.29, 0.717) is 28.0 Å². The molecule has 3 heterocycles. The molecule has 0 saturated carbocycles. The smallest absolute Gasteiger partial charge is 0.224 e. The van der Waals surface area contributed by atoms with Gasteiger partial charge >= 0.3 is 0 Å². The van der Waals surface area contributed by atoms with Crippen molar-refractivity contribution >= 4 is 46.2 Å². The summed E-state index contributed by atoms with van der Waals surface area (Å²) in [6.45, 7) is 5.99. The van der Waals surface area contributed by atoms with Crippen molar-refractivity contribution in [2.24, 2.45) is 0 Å². The molecule has 1 fully saturated rings. The largest absolute Gasteiger partial charge is 0.494 e. The number of nitrogens with zero attached hydrogens (tertiary/aromatic N) is 3. The first kappa shape index (κ1) is 26.7. The number of pyridine rings is 1. The van der Waals surface area contributed by atoms with E-state index >= 15 is 0 Å². The first-order chi connectivity index (χ1) is 18.8. The van der Waals surface area contributed by atoms with Gasteiger partial charge in [-0.25, -0.2) is 0 Å². The number of nitrogens with one attached hydrogen (secondary N) is 2. The number of para-hydroxylation sites is 1. The molecule has 5 rings (SSSR count). The number of methoxy groups -OCH3 is 1. The van der Waals surface area contributed by atoms with E-state index in [0.717, 1.165) is 34.0 Å². The van der Waals surface area contributed by atoms with Crippen molar-refractivity contribution < 1.29 is 9.53 Å². The fourth-order valence-corrected chi connectivity index (χ4v) is 5.78. The molecule has 1 aliphatic heterocycles. The molecule has 0 unspecified atom stereocenters. The van der Waals surface area contributed by atoms with E-state index in [1.165, 1.54) is 0 Å². The van der Waals surface area contributed by atoms with Gasteiger partial charge in [-0.1, -0.05) is 36.7 Å². The number of carbonyl (C=O) groups excluding carboxylic acids is 1. The lowest BCUT2D eigenvalue weighted by atomic mass is 9.96. The standard InChI is InChI=1S/C30H30ClN5O2S/c1-5-27(37)33-23-14-13-20(17-26(23)38-4)36-29(28(34-30(36)39)24-11-8-9-15-32-24)21-16-18(2)35(19(21)3)25-12-7-6-10-22(25)31/h6-17,28-29H,5H2,1-4H3,(H,33,37)(H,34,39)/t28-,29-/m0/s1. The van der Waals surface area contributed by atoms with Crippen molar-refractivity contribution in [1.29, 1.82) is 0 Å². The summed E-state index contributed by atoms with van der Waals surface area (Å²) < 4.78 is 7.84. The molecule has 1 saturated heterocycles. The van der Waals surface area contributed by atoms with Crippen LogP contribution in [-0.2, 0) is 4.79 Å². The lowest BCUT2D eigenvalue weighted by Crippen LogP contribution is -2.29. The van der Waals surface area contributed by atoms with E-state index in [1.807, 2.05) is 67.6 Å². The van der Waals surface area contributed by atoms with Crippen LogP contribution in [0, 0.1) is 13.8 Å². The molecule has 0 radical (unpaired) electrons. The number of hydrogen-bond acceptors (Lipinski definition) is 4. The molecule has 200 valence electrons. The Hall–Kier alpha value is -3.88. The zero-order valence-corrected chi connectivity index (χ0v) is 23.8. The Labute approximate surface area is 238 Å². The van der Waals surface area contributed by atoms with E-state index in [4.69, 9.17) is 28.6 Å². The molecule has 2 aromatic heterocycles. The highest BCUT2D eigenvalue weighted by atomic mass is 35.5. The van der Waals surface area contributed by atoms with Crippen LogP contribution in [0.15, 0.2) is 72.9 Å². The van der Waals surface area contributed by atoms with Crippen LogP contribution < -0.4 is 20.3 Å². The van der Waals surface area contributed by atoms with E-state index in [2.05, 4.69) is 45.0 Å². The van der Waals surface area contributed by atoms with Gasteiger partial charge in [0.15, 0.2) is 5.11 Å². The van der Waals surface area contributed by atoms with Crippen LogP contribution in [0.3, 0.4) is 0 Å². The third kappa shape index (κ3) is 4.97. The maximum Gasteiger partial charge on any atom is 0.224 e. The Morgan fingerprint density at radius 2 is 1.90 bits per heavy atom. The molecule has 39 heavy (non-hydrogen) atoms. The van der Waals surface area contributed by atoms with Gasteiger partial charge in [-0.05, 0) is 74.1 Å². The van der Waals surface area contributed by atoms with E-state index in [-0.39, 0.29) is 18.0 Å². The normalized spacial score (nSPS) is 16.7. The third-order valence-corrected chi connectivity index (χ3v) is 7.67. The summed E-state index contributed by atoms with van der Waals surface area (Å²) in [6.07, 6.45) is 2.17. The van der Waals surface area contributed by atoms with Gasteiger partial charge in [0.25, 0.3) is 0 Å². The van der Waals surface area contributed by atoms with Crippen molar-refractivity contribution in [2.75, 3.05) is 17.3 Å². The maximum atomic E-state index is 12.1. The predicted molar refractivity (Wildman–Crippen MR) is 160 cm³/mol. The highest BCUT2D eigenvalue weighted by Gasteiger charge is 2.42. The van der Waals surface area contributed by atoms with Crippen LogP contribution in [0.2, 0.25) is 5.02 Å². The Bertz CT molecular complexity index is 1540. The van der Waals surface area contributed by atoms with Gasteiger partial charge in [0.05, 0.1) is 41.3 Å². The fourth-order valence-electron chi connectivity index (χ4n) is 5.21. The number of thiocarbonyl (C=S) groups is 1. The second-order valence-corrected chi connectivity index (χ2v) is 10.2. The number of amides is 1. The van der Waals surface area contributed by atoms with Crippen molar-refractivity contribution in [3.63, 3.8) is 0 Å². The summed E-state index contributed by atoms with van der Waals surface area (Å²) >= 11 is 12.5. The summed E-state index contributed by atoms with van der Waals surface area (Å²) in [6, 6.07) is 21.2. The zero-order valence-electron chi connectivity index (χ0n) is 22.2. The van der Waals surface area contributed by atoms with Crippen molar-refractivity contribution in [3.8, 4) is 11.4 Å². The highest BCUT2D eigenvalue weighted by Crippen LogP contribution is 2.45. The molecule has 0 bridgehead atoms. The van der Waals surface area contributed by atoms with Gasteiger partial charge in [-0.2, -0.15) is 0 Å². The van der Waals surface area contributed by atoms with Crippen LogP contribution in [0.5, 0.6) is 5.75 Å². The minimum absolute atomic E-state index is 0.0838. The molecule has 4 aromatic rings. The van der Waals surface area contributed by atoms with Gasteiger partial charge in [0.2, 0.25) is 5.91 Å². The van der Waals surface area contributed by atoms with E-state index in [1.54, 1.807) is 13.3 Å². The van der Waals surface area contributed by atoms with Gasteiger partial charge in [0.1, 0.15) is 5.75 Å². The van der Waals surface area contributed by atoms with Gasteiger partial charge in [0, 0.05) is 35.8 Å². The highest BCUT2D eigenvalue weighted by molar-refractivity contribution is 7.80. The fraction of sp³-hybridized carbons (Fsp3) is 0.233. The number of halogens is 1. The Balaban J connectivity index is 1.66. The average molecular weight is 560 g/mol. The number of benzene rings is 2. The summed E-state index contributed by atoms with van der Waals surface area (Å²) in [5, 5.41) is 7.67. The minimum atomic E-state index is -0.212. The topological polar surface area (TPSA) is 71.4 Å². The SMILES string of the molecule is CCC(=O)Nc1ccc(N2C(=S)N[C@@H](c3ccccn3)[C@@H]2c2cc(C)n(-c3ccccc3Cl)c2C)cc1OC. The lowest BCUT2D eigenvalue weighted by Gasteiger charge is -2.29. The Morgan fingerprint density at radius 3 is 2.59 bits per heavy atom. The monoisotopic (exact) mass is 559 g/mol. The van der Waals surface area contributed by atoms with Crippen molar-refractivity contribution in [1.82, 2.24) is 14.9 Å². The summed E-state index contributed by atoms with van der Waals surface area (Å²) in [4.78, 5) is 18.8. The Kier molecular flexibility index (Phi) is 7.59. The van der Waals surface area contributed by atoms with Crippen LogP contribution in [-0.4, -0.2) is 27.7 Å². The van der Waals surface area contributed by atoms with Crippen LogP contribution in [0.1, 0.15) is 48.1 Å². The maximum absolute atomic E-state index is 12.1. The minimum Gasteiger partial charge on any atom is -0.494 e. The summed E-state index contributed by atoms with van der Waals surface area (Å²) in [7, 11) is 1.59. The molecule has 0 aliphatic carbocycles. The molecule has 2 aromatic carbocycles. The van der Waals surface area contributed by atoms with Crippen LogP contribution in [0.25, 0.3) is 5.69 Å². The second-order valence-electron chi connectivity index (χ2n) is 9.40. The zero-order chi connectivity index (χ0) is 27.7. The molecule has 0 spiro atoms. The van der Waals surface area contributed by atoms with Gasteiger partial charge < -0.3 is 24.8 Å². The summed E-state index contributed by atoms with van der Waals surface area (Å²) in [5.74, 6) is 0.471. The molecule has 1 aliphatic rings. The number of hydrogen-bond donors (Lipinski definition) is 2. The second kappa shape index (κ2) is 11.1. The number of aromatic nitrogens is 2.